The van der Waals surface area contributed by atoms with Crippen molar-refractivity contribution in [3.05, 3.63) is 18.2 Å². The van der Waals surface area contributed by atoms with Crippen molar-refractivity contribution in [2.24, 2.45) is 0 Å². The topological polar surface area (TPSA) is 42.9 Å². The van der Waals surface area contributed by atoms with Crippen molar-refractivity contribution >= 4 is 15.4 Å². The Balaban J connectivity index is 3.47. The smallest absolute Gasteiger partial charge is 0.115 e. The van der Waals surface area contributed by atoms with E-state index < -0.39 is 9.52 Å². The van der Waals surface area contributed by atoms with Gasteiger partial charge in [0.1, 0.15) is 6.33 Å². The molecule has 0 radical (unpaired) electrons. The first-order chi connectivity index (χ1) is 6.23. The first kappa shape index (κ1) is 11.2. The summed E-state index contributed by atoms with van der Waals surface area (Å²) in [6.07, 6.45) is 4.69. The lowest BCUT2D eigenvalue weighted by Gasteiger charge is -2.21. The Morgan fingerprint density at radius 3 is 2.36 bits per heavy atom. The number of nitrogens with zero attached hydrogens (tertiary/aromatic N) is 2. The Bertz CT molecular complexity index is 430. The Labute approximate surface area is 85.6 Å². The highest BCUT2D eigenvalue weighted by molar-refractivity contribution is 7.99. The summed E-state index contributed by atoms with van der Waals surface area (Å²) in [7, 11) is -2.24. The fourth-order valence-corrected chi connectivity index (χ4v) is 2.25. The fraction of sp³-hybridized carbons (Fsp3) is 0.500. The molecule has 4 heteroatoms. The third-order valence-corrected chi connectivity index (χ3v) is 3.08. The number of rotatable bonds is 1. The molecule has 0 bridgehead atoms. The highest BCUT2D eigenvalue weighted by Crippen LogP contribution is 2.25. The lowest BCUT2D eigenvalue weighted by Crippen LogP contribution is -2.18. The van der Waals surface area contributed by atoms with E-state index in [0.29, 0.717) is 4.90 Å². The summed E-state index contributed by atoms with van der Waals surface area (Å²) in [4.78, 5) is 8.74. The van der Waals surface area contributed by atoms with Gasteiger partial charge in [-0.2, -0.15) is 0 Å². The van der Waals surface area contributed by atoms with E-state index in [9.17, 15) is 4.21 Å². The molecule has 0 spiro atoms. The zero-order chi connectivity index (χ0) is 11.0. The SMILES string of the molecule is C=S(C)(=O)c1cncnc1C(C)(C)C. The molecule has 0 saturated heterocycles. The van der Waals surface area contributed by atoms with Crippen molar-refractivity contribution in [2.45, 2.75) is 31.1 Å². The maximum absolute atomic E-state index is 11.9. The molecule has 78 valence electrons. The highest BCUT2D eigenvalue weighted by Gasteiger charge is 2.22. The maximum atomic E-state index is 11.9. The minimum Gasteiger partial charge on any atom is -0.263 e. The van der Waals surface area contributed by atoms with E-state index in [-0.39, 0.29) is 5.41 Å². The number of hydrogen-bond acceptors (Lipinski definition) is 3. The van der Waals surface area contributed by atoms with Crippen LogP contribution in [0.25, 0.3) is 0 Å². The van der Waals surface area contributed by atoms with Gasteiger partial charge in [-0.05, 0) is 15.4 Å². The van der Waals surface area contributed by atoms with Crippen LogP contribution in [0.2, 0.25) is 0 Å². The van der Waals surface area contributed by atoms with Crippen molar-refractivity contribution in [2.75, 3.05) is 6.26 Å². The minimum absolute atomic E-state index is 0.130. The quantitative estimate of drug-likeness (QED) is 0.662. The second-order valence-corrected chi connectivity index (χ2v) is 6.94. The third kappa shape index (κ3) is 2.32. The average molecular weight is 212 g/mol. The molecule has 1 aromatic heterocycles. The number of hydrogen-bond donors (Lipinski definition) is 0. The van der Waals surface area contributed by atoms with Gasteiger partial charge in [0, 0.05) is 17.9 Å². The Hall–Kier alpha value is -0.900. The van der Waals surface area contributed by atoms with Crippen molar-refractivity contribution in [1.82, 2.24) is 9.97 Å². The van der Waals surface area contributed by atoms with E-state index in [1.807, 2.05) is 20.8 Å². The van der Waals surface area contributed by atoms with Gasteiger partial charge < -0.3 is 0 Å². The van der Waals surface area contributed by atoms with E-state index in [0.717, 1.165) is 5.69 Å². The average Bonchev–Trinajstić information content (AvgIpc) is 2.01. The molecule has 1 heterocycles. The summed E-state index contributed by atoms with van der Waals surface area (Å²) in [6, 6.07) is 0. The molecule has 0 aliphatic rings. The van der Waals surface area contributed by atoms with Crippen LogP contribution in [0.4, 0.5) is 0 Å². The second kappa shape index (κ2) is 3.35. The summed E-state index contributed by atoms with van der Waals surface area (Å²) in [5.74, 6) is 3.66. The zero-order valence-electron chi connectivity index (χ0n) is 9.07. The van der Waals surface area contributed by atoms with E-state index in [1.165, 1.54) is 6.33 Å². The molecule has 0 fully saturated rings. The molecular formula is C10H16N2OS. The maximum Gasteiger partial charge on any atom is 0.115 e. The van der Waals surface area contributed by atoms with E-state index in [4.69, 9.17) is 0 Å². The lowest BCUT2D eigenvalue weighted by molar-refractivity contribution is 0.549. The molecule has 0 aromatic carbocycles. The predicted octanol–water partition coefficient (Wildman–Crippen LogP) is 1.48. The predicted molar refractivity (Wildman–Crippen MR) is 60.2 cm³/mol. The Morgan fingerprint density at radius 1 is 1.43 bits per heavy atom. The van der Waals surface area contributed by atoms with Gasteiger partial charge in [-0.3, -0.25) is 4.21 Å². The highest BCUT2D eigenvalue weighted by atomic mass is 32.2. The Morgan fingerprint density at radius 2 is 2.00 bits per heavy atom. The monoisotopic (exact) mass is 212 g/mol. The normalized spacial score (nSPS) is 16.3. The molecule has 1 atom stereocenters. The van der Waals surface area contributed by atoms with Gasteiger partial charge in [-0.25, -0.2) is 9.97 Å². The first-order valence-corrected chi connectivity index (χ1v) is 6.49. The minimum atomic E-state index is -2.24. The van der Waals surface area contributed by atoms with E-state index >= 15 is 0 Å². The van der Waals surface area contributed by atoms with Crippen LogP contribution < -0.4 is 0 Å². The van der Waals surface area contributed by atoms with Crippen LogP contribution in [-0.2, 0) is 14.9 Å². The molecule has 0 aliphatic carbocycles. The second-order valence-electron chi connectivity index (χ2n) is 4.49. The van der Waals surface area contributed by atoms with Gasteiger partial charge in [0.2, 0.25) is 0 Å². The van der Waals surface area contributed by atoms with Crippen LogP contribution in [0.3, 0.4) is 0 Å². The van der Waals surface area contributed by atoms with Gasteiger partial charge in [0.15, 0.2) is 0 Å². The lowest BCUT2D eigenvalue weighted by atomic mass is 9.92. The van der Waals surface area contributed by atoms with Gasteiger partial charge >= 0.3 is 0 Å². The molecule has 1 rings (SSSR count). The number of aromatic nitrogens is 2. The molecule has 3 nitrogen and oxygen atoms in total. The summed E-state index contributed by atoms with van der Waals surface area (Å²) in [5, 5.41) is 0. The van der Waals surface area contributed by atoms with E-state index in [2.05, 4.69) is 15.8 Å². The molecule has 0 saturated carbocycles. The molecule has 0 amide bonds. The van der Waals surface area contributed by atoms with Gasteiger partial charge in [-0.15, -0.1) is 0 Å². The van der Waals surface area contributed by atoms with Crippen molar-refractivity contribution in [3.8, 4) is 0 Å². The summed E-state index contributed by atoms with van der Waals surface area (Å²) in [5.41, 5.74) is 0.684. The summed E-state index contributed by atoms with van der Waals surface area (Å²) in [6.45, 7) is 6.10. The van der Waals surface area contributed by atoms with Gasteiger partial charge in [0.25, 0.3) is 0 Å². The van der Waals surface area contributed by atoms with Crippen LogP contribution in [0.5, 0.6) is 0 Å². The zero-order valence-corrected chi connectivity index (χ0v) is 9.89. The van der Waals surface area contributed by atoms with Crippen LogP contribution in [0.1, 0.15) is 26.5 Å². The molecule has 1 aromatic rings. The van der Waals surface area contributed by atoms with Crippen molar-refractivity contribution < 1.29 is 4.21 Å². The van der Waals surface area contributed by atoms with E-state index in [1.54, 1.807) is 12.5 Å². The van der Waals surface area contributed by atoms with Crippen molar-refractivity contribution in [3.63, 3.8) is 0 Å². The van der Waals surface area contributed by atoms with Crippen LogP contribution in [-0.4, -0.2) is 26.3 Å². The Kier molecular flexibility index (Phi) is 2.67. The first-order valence-electron chi connectivity index (χ1n) is 4.35. The van der Waals surface area contributed by atoms with Gasteiger partial charge in [0.05, 0.1) is 10.6 Å². The molecule has 0 aliphatic heterocycles. The largest absolute Gasteiger partial charge is 0.263 e. The standard InChI is InChI=1S/C10H16N2OS/c1-10(2,3)9-8(14(4,5)13)6-11-7-12-9/h6-7H,4H2,1-3,5H3. The van der Waals surface area contributed by atoms with Gasteiger partial charge in [-0.1, -0.05) is 20.8 Å². The van der Waals surface area contributed by atoms with Crippen LogP contribution in [0.15, 0.2) is 17.4 Å². The molecular weight excluding hydrogens is 196 g/mol. The summed E-state index contributed by atoms with van der Waals surface area (Å²) >= 11 is 0. The molecule has 1 unspecified atom stereocenters. The van der Waals surface area contributed by atoms with Crippen LogP contribution in [0, 0.1) is 0 Å². The molecule has 0 N–H and O–H groups in total. The summed E-state index contributed by atoms with van der Waals surface area (Å²) < 4.78 is 11.9. The van der Waals surface area contributed by atoms with Crippen molar-refractivity contribution in [1.29, 1.82) is 0 Å². The third-order valence-electron chi connectivity index (χ3n) is 1.85. The van der Waals surface area contributed by atoms with Crippen LogP contribution >= 0.6 is 0 Å². The fourth-order valence-electron chi connectivity index (χ4n) is 1.20. The molecule has 14 heavy (non-hydrogen) atoms.